The Morgan fingerprint density at radius 3 is 2.67 bits per heavy atom. The summed E-state index contributed by atoms with van der Waals surface area (Å²) in [7, 11) is 0. The van der Waals surface area contributed by atoms with Crippen LogP contribution in [0.15, 0.2) is 24.4 Å². The van der Waals surface area contributed by atoms with Crippen LogP contribution in [-0.4, -0.2) is 22.1 Å². The van der Waals surface area contributed by atoms with E-state index in [9.17, 15) is 9.90 Å². The molecule has 0 bridgehead atoms. The zero-order valence-corrected chi connectivity index (χ0v) is 12.6. The van der Waals surface area contributed by atoms with E-state index in [-0.39, 0.29) is 5.92 Å². The highest BCUT2D eigenvalue weighted by atomic mass is 16.4. The number of nitrogens with one attached hydrogen (secondary N) is 1. The van der Waals surface area contributed by atoms with Crippen LogP contribution in [0, 0.1) is 12.8 Å². The van der Waals surface area contributed by atoms with Gasteiger partial charge in [-0.15, -0.1) is 0 Å². The van der Waals surface area contributed by atoms with Crippen LogP contribution < -0.4 is 11.1 Å². The highest BCUT2D eigenvalue weighted by molar-refractivity contribution is 6.00. The van der Waals surface area contributed by atoms with Gasteiger partial charge < -0.3 is 16.2 Å². The molecule has 1 heterocycles. The monoisotopic (exact) mass is 287 g/mol. The van der Waals surface area contributed by atoms with Crippen LogP contribution in [0.1, 0.15) is 25.8 Å². The first-order chi connectivity index (χ1) is 9.90. The Balaban J connectivity index is 2.42. The lowest BCUT2D eigenvalue weighted by Gasteiger charge is -2.18. The average molecular weight is 287 g/mol. The number of pyridine rings is 1. The van der Waals surface area contributed by atoms with Gasteiger partial charge in [0.1, 0.15) is 11.9 Å². The van der Waals surface area contributed by atoms with Gasteiger partial charge in [-0.05, 0) is 30.9 Å². The van der Waals surface area contributed by atoms with Crippen molar-refractivity contribution in [2.24, 2.45) is 5.92 Å². The second-order valence-electron chi connectivity index (χ2n) is 5.72. The number of benzene rings is 1. The molecule has 2 aromatic rings. The number of hydrogen-bond donors (Lipinski definition) is 3. The van der Waals surface area contributed by atoms with Crippen LogP contribution in [-0.2, 0) is 4.79 Å². The molecule has 21 heavy (non-hydrogen) atoms. The molecule has 0 saturated carbocycles. The summed E-state index contributed by atoms with van der Waals surface area (Å²) in [5.74, 6) is -0.0317. The fraction of sp³-hybridized carbons (Fsp3) is 0.375. The van der Waals surface area contributed by atoms with Crippen molar-refractivity contribution in [3.05, 3.63) is 30.0 Å². The van der Waals surface area contributed by atoms with Crippen LogP contribution in [0.25, 0.3) is 10.8 Å². The fourth-order valence-electron chi connectivity index (χ4n) is 2.36. The normalized spacial score (nSPS) is 12.6. The molecule has 2 rings (SSSR count). The lowest BCUT2D eigenvalue weighted by Crippen LogP contribution is -2.31. The van der Waals surface area contributed by atoms with Gasteiger partial charge in [0.25, 0.3) is 0 Å². The van der Waals surface area contributed by atoms with Crippen molar-refractivity contribution in [3.8, 4) is 0 Å². The predicted molar refractivity (Wildman–Crippen MR) is 85.4 cm³/mol. The summed E-state index contributed by atoms with van der Waals surface area (Å²) in [5, 5.41) is 14.1. The molecular formula is C16H21N3O2. The molecule has 112 valence electrons. The molecule has 5 heteroatoms. The summed E-state index contributed by atoms with van der Waals surface area (Å²) in [5.41, 5.74) is 7.79. The number of aryl methyl sites for hydroxylation is 1. The number of carboxylic acid groups (broad SMARTS) is 1. The van der Waals surface area contributed by atoms with Crippen LogP contribution in [0.2, 0.25) is 0 Å². The van der Waals surface area contributed by atoms with Gasteiger partial charge in [-0.2, -0.15) is 0 Å². The molecule has 0 aliphatic rings. The zero-order chi connectivity index (χ0) is 15.6. The summed E-state index contributed by atoms with van der Waals surface area (Å²) < 4.78 is 0. The van der Waals surface area contributed by atoms with Gasteiger partial charge in [-0.3, -0.25) is 0 Å². The van der Waals surface area contributed by atoms with Gasteiger partial charge in [0.15, 0.2) is 0 Å². The van der Waals surface area contributed by atoms with E-state index in [0.717, 1.165) is 16.3 Å². The van der Waals surface area contributed by atoms with E-state index >= 15 is 0 Å². The Kier molecular flexibility index (Phi) is 4.31. The number of carboxylic acids is 1. The molecule has 4 N–H and O–H groups in total. The number of rotatable bonds is 5. The summed E-state index contributed by atoms with van der Waals surface area (Å²) in [4.78, 5) is 15.7. The predicted octanol–water partition coefficient (Wildman–Crippen LogP) is 3.04. The largest absolute Gasteiger partial charge is 0.480 e. The molecule has 1 aromatic heterocycles. The first-order valence-corrected chi connectivity index (χ1v) is 7.03. The molecule has 0 aliphatic carbocycles. The Morgan fingerprint density at radius 2 is 2.05 bits per heavy atom. The van der Waals surface area contributed by atoms with E-state index in [1.54, 1.807) is 6.20 Å². The maximum atomic E-state index is 11.4. The number of carbonyl (C=O) groups is 1. The number of anilines is 2. The smallest absolute Gasteiger partial charge is 0.326 e. The molecule has 1 aromatic carbocycles. The second kappa shape index (κ2) is 5.99. The van der Waals surface area contributed by atoms with E-state index in [0.29, 0.717) is 17.9 Å². The highest BCUT2D eigenvalue weighted by Gasteiger charge is 2.20. The SMILES string of the molecule is Cc1ccc2c(NC(CC(C)C)C(=O)O)nccc2c1N. The minimum absolute atomic E-state index is 0.279. The number of nitrogens with zero attached hydrogens (tertiary/aromatic N) is 1. The maximum absolute atomic E-state index is 11.4. The third-order valence-corrected chi connectivity index (χ3v) is 3.52. The standard InChI is InChI=1S/C16H21N3O2/c1-9(2)8-13(16(20)21)19-15-12-5-4-10(3)14(17)11(12)6-7-18-15/h4-7,9,13H,8,17H2,1-3H3,(H,18,19)(H,20,21). The van der Waals surface area contributed by atoms with E-state index < -0.39 is 12.0 Å². The first-order valence-electron chi connectivity index (χ1n) is 7.03. The van der Waals surface area contributed by atoms with Gasteiger partial charge >= 0.3 is 5.97 Å². The minimum Gasteiger partial charge on any atom is -0.480 e. The fourth-order valence-corrected chi connectivity index (χ4v) is 2.36. The van der Waals surface area contributed by atoms with Gasteiger partial charge in [0, 0.05) is 22.7 Å². The van der Waals surface area contributed by atoms with Crippen LogP contribution >= 0.6 is 0 Å². The molecule has 0 amide bonds. The number of hydrogen-bond acceptors (Lipinski definition) is 4. The number of fused-ring (bicyclic) bond motifs is 1. The molecule has 1 unspecified atom stereocenters. The molecular weight excluding hydrogens is 266 g/mol. The maximum Gasteiger partial charge on any atom is 0.326 e. The summed E-state index contributed by atoms with van der Waals surface area (Å²) in [6, 6.07) is 5.03. The third kappa shape index (κ3) is 3.24. The minimum atomic E-state index is -0.873. The average Bonchev–Trinajstić information content (AvgIpc) is 2.42. The van der Waals surface area contributed by atoms with Crippen molar-refractivity contribution in [3.63, 3.8) is 0 Å². The molecule has 0 aliphatic heterocycles. The van der Waals surface area contributed by atoms with Gasteiger partial charge in [0.2, 0.25) is 0 Å². The molecule has 0 fully saturated rings. The van der Waals surface area contributed by atoms with Crippen LogP contribution in [0.5, 0.6) is 0 Å². The number of nitrogens with two attached hydrogens (primary N) is 1. The van der Waals surface area contributed by atoms with E-state index in [1.807, 2.05) is 39.0 Å². The van der Waals surface area contributed by atoms with Gasteiger partial charge in [0.05, 0.1) is 0 Å². The quantitative estimate of drug-likeness (QED) is 0.736. The molecule has 5 nitrogen and oxygen atoms in total. The first kappa shape index (κ1) is 15.1. The van der Waals surface area contributed by atoms with E-state index in [1.165, 1.54) is 0 Å². The molecule has 0 saturated heterocycles. The van der Waals surface area contributed by atoms with Crippen molar-refractivity contribution in [1.29, 1.82) is 0 Å². The Hall–Kier alpha value is -2.30. The second-order valence-corrected chi connectivity index (χ2v) is 5.72. The summed E-state index contributed by atoms with van der Waals surface area (Å²) >= 11 is 0. The van der Waals surface area contributed by atoms with Gasteiger partial charge in [-0.1, -0.05) is 26.0 Å². The highest BCUT2D eigenvalue weighted by Crippen LogP contribution is 2.29. The Bertz CT molecular complexity index is 668. The van der Waals surface area contributed by atoms with Crippen molar-refractivity contribution in [2.45, 2.75) is 33.2 Å². The van der Waals surface area contributed by atoms with Crippen molar-refractivity contribution < 1.29 is 9.90 Å². The Labute approximate surface area is 124 Å². The van der Waals surface area contributed by atoms with Crippen LogP contribution in [0.3, 0.4) is 0 Å². The third-order valence-electron chi connectivity index (χ3n) is 3.52. The molecule has 1 atom stereocenters. The van der Waals surface area contributed by atoms with Crippen molar-refractivity contribution >= 4 is 28.2 Å². The molecule has 0 spiro atoms. The van der Waals surface area contributed by atoms with Crippen molar-refractivity contribution in [1.82, 2.24) is 4.98 Å². The van der Waals surface area contributed by atoms with E-state index in [2.05, 4.69) is 10.3 Å². The van der Waals surface area contributed by atoms with Gasteiger partial charge in [-0.25, -0.2) is 9.78 Å². The topological polar surface area (TPSA) is 88.2 Å². The van der Waals surface area contributed by atoms with E-state index in [4.69, 9.17) is 5.73 Å². The summed E-state index contributed by atoms with van der Waals surface area (Å²) in [6.45, 7) is 5.94. The summed E-state index contributed by atoms with van der Waals surface area (Å²) in [6.07, 6.45) is 2.18. The molecule has 0 radical (unpaired) electrons. The lowest BCUT2D eigenvalue weighted by atomic mass is 10.0. The number of nitrogen functional groups attached to an aromatic ring is 1. The number of aliphatic carboxylic acids is 1. The zero-order valence-electron chi connectivity index (χ0n) is 12.6. The number of aromatic nitrogens is 1. The van der Waals surface area contributed by atoms with Crippen molar-refractivity contribution in [2.75, 3.05) is 11.1 Å². The van der Waals surface area contributed by atoms with Crippen LogP contribution in [0.4, 0.5) is 11.5 Å². The lowest BCUT2D eigenvalue weighted by molar-refractivity contribution is -0.138. The Morgan fingerprint density at radius 1 is 1.33 bits per heavy atom.